The predicted molar refractivity (Wildman–Crippen MR) is 99.4 cm³/mol. The molecule has 134 valence electrons. The fourth-order valence-corrected chi connectivity index (χ4v) is 3.60. The van der Waals surface area contributed by atoms with Crippen molar-refractivity contribution in [1.29, 1.82) is 0 Å². The molecule has 0 saturated carbocycles. The van der Waals surface area contributed by atoms with E-state index in [4.69, 9.17) is 0 Å². The molecule has 1 aromatic carbocycles. The number of aryl methyl sites for hydroxylation is 1. The van der Waals surface area contributed by atoms with Gasteiger partial charge in [0.05, 0.1) is 35.5 Å². The second-order valence-electron chi connectivity index (χ2n) is 6.95. The Morgan fingerprint density at radius 1 is 1.19 bits per heavy atom. The van der Waals surface area contributed by atoms with E-state index in [2.05, 4.69) is 33.7 Å². The van der Waals surface area contributed by atoms with Gasteiger partial charge in [0.25, 0.3) is 5.91 Å². The fraction of sp³-hybridized carbons (Fsp3) is 0.350. The second kappa shape index (κ2) is 6.78. The smallest absolute Gasteiger partial charge is 0.257 e. The zero-order chi connectivity index (χ0) is 18.1. The maximum atomic E-state index is 13.1. The number of piperidine rings is 1. The van der Waals surface area contributed by atoms with Gasteiger partial charge in [-0.15, -0.1) is 0 Å². The summed E-state index contributed by atoms with van der Waals surface area (Å²) in [6.45, 7) is 5.52. The van der Waals surface area contributed by atoms with Crippen LogP contribution in [0, 0.1) is 13.8 Å². The molecule has 6 nitrogen and oxygen atoms in total. The van der Waals surface area contributed by atoms with Gasteiger partial charge in [-0.3, -0.25) is 4.79 Å². The number of carbonyl (C=O) groups is 1. The Morgan fingerprint density at radius 2 is 2.00 bits per heavy atom. The van der Waals surface area contributed by atoms with Gasteiger partial charge in [-0.2, -0.15) is 5.10 Å². The Balaban J connectivity index is 1.56. The largest absolute Gasteiger partial charge is 0.336 e. The lowest BCUT2D eigenvalue weighted by atomic mass is 10.0. The Labute approximate surface area is 153 Å². The van der Waals surface area contributed by atoms with Crippen LogP contribution in [0.25, 0.3) is 5.69 Å². The lowest BCUT2D eigenvalue weighted by molar-refractivity contribution is 0.0678. The number of amides is 1. The minimum atomic E-state index is 0.0608. The molecule has 1 saturated heterocycles. The first-order chi connectivity index (χ1) is 12.6. The maximum absolute atomic E-state index is 13.1. The van der Waals surface area contributed by atoms with Crippen molar-refractivity contribution in [2.45, 2.75) is 32.7 Å². The molecule has 2 aromatic heterocycles. The van der Waals surface area contributed by atoms with E-state index >= 15 is 0 Å². The quantitative estimate of drug-likeness (QED) is 0.730. The topological polar surface area (TPSA) is 56.0 Å². The molecule has 6 heteroatoms. The van der Waals surface area contributed by atoms with Crippen LogP contribution in [0.15, 0.2) is 49.2 Å². The van der Waals surface area contributed by atoms with Gasteiger partial charge in [-0.05, 0) is 38.8 Å². The summed E-state index contributed by atoms with van der Waals surface area (Å²) in [7, 11) is 0. The molecule has 0 N–H and O–H groups in total. The van der Waals surface area contributed by atoms with Gasteiger partial charge in [0, 0.05) is 25.5 Å². The molecule has 0 bridgehead atoms. The van der Waals surface area contributed by atoms with Crippen LogP contribution in [0.3, 0.4) is 0 Å². The summed E-state index contributed by atoms with van der Waals surface area (Å²) in [5.41, 5.74) is 3.73. The molecule has 1 atom stereocenters. The summed E-state index contributed by atoms with van der Waals surface area (Å²) < 4.78 is 3.94. The zero-order valence-electron chi connectivity index (χ0n) is 15.2. The average molecular weight is 349 g/mol. The molecule has 0 radical (unpaired) electrons. The lowest BCUT2D eigenvalue weighted by Crippen LogP contribution is -2.40. The number of benzene rings is 1. The molecular formula is C20H23N5O. The van der Waals surface area contributed by atoms with Crippen LogP contribution in [-0.4, -0.2) is 43.2 Å². The number of rotatable bonds is 3. The van der Waals surface area contributed by atoms with Crippen LogP contribution in [-0.2, 0) is 0 Å². The van der Waals surface area contributed by atoms with Gasteiger partial charge in [0.1, 0.15) is 0 Å². The number of nitrogens with zero attached hydrogens (tertiary/aromatic N) is 5. The first kappa shape index (κ1) is 16.6. The molecule has 1 aliphatic heterocycles. The van der Waals surface area contributed by atoms with Crippen molar-refractivity contribution >= 4 is 5.91 Å². The summed E-state index contributed by atoms with van der Waals surface area (Å²) >= 11 is 0. The normalized spacial score (nSPS) is 17.5. The zero-order valence-corrected chi connectivity index (χ0v) is 15.2. The number of hydrogen-bond acceptors (Lipinski definition) is 3. The molecule has 26 heavy (non-hydrogen) atoms. The van der Waals surface area contributed by atoms with Gasteiger partial charge >= 0.3 is 0 Å². The standard InChI is InChI=1S/C20H23N5O/c1-15-5-7-17(8-6-15)25-16(2)19(12-22-25)20(26)23-10-3-4-18(13-23)24-11-9-21-14-24/h5-9,11-12,14,18H,3-4,10,13H2,1-2H3/t18-/m0/s1. The molecule has 0 spiro atoms. The summed E-state index contributed by atoms with van der Waals surface area (Å²) in [5.74, 6) is 0.0608. The number of imidazole rings is 1. The summed E-state index contributed by atoms with van der Waals surface area (Å²) in [4.78, 5) is 19.2. The van der Waals surface area contributed by atoms with Gasteiger partial charge in [-0.1, -0.05) is 17.7 Å². The Kier molecular flexibility index (Phi) is 4.32. The number of carbonyl (C=O) groups excluding carboxylic acids is 1. The maximum Gasteiger partial charge on any atom is 0.257 e. The first-order valence-corrected chi connectivity index (χ1v) is 9.02. The van der Waals surface area contributed by atoms with Crippen molar-refractivity contribution in [3.8, 4) is 5.69 Å². The molecule has 4 rings (SSSR count). The first-order valence-electron chi connectivity index (χ1n) is 9.02. The van der Waals surface area contributed by atoms with Crippen molar-refractivity contribution in [2.24, 2.45) is 0 Å². The Morgan fingerprint density at radius 3 is 2.73 bits per heavy atom. The van der Waals surface area contributed by atoms with Gasteiger partial charge in [0.15, 0.2) is 0 Å². The fourth-order valence-electron chi connectivity index (χ4n) is 3.60. The predicted octanol–water partition coefficient (Wildman–Crippen LogP) is 3.16. The molecule has 1 aliphatic rings. The van der Waals surface area contributed by atoms with E-state index in [0.29, 0.717) is 18.2 Å². The molecule has 3 aromatic rings. The molecule has 0 aliphatic carbocycles. The number of aromatic nitrogens is 4. The molecule has 3 heterocycles. The summed E-state index contributed by atoms with van der Waals surface area (Å²) in [6, 6.07) is 8.46. The van der Waals surface area contributed by atoms with Crippen molar-refractivity contribution in [1.82, 2.24) is 24.2 Å². The highest BCUT2D eigenvalue weighted by molar-refractivity contribution is 5.95. The number of hydrogen-bond donors (Lipinski definition) is 0. The van der Waals surface area contributed by atoms with E-state index in [-0.39, 0.29) is 5.91 Å². The van der Waals surface area contributed by atoms with E-state index in [0.717, 1.165) is 30.8 Å². The van der Waals surface area contributed by atoms with Crippen LogP contribution >= 0.6 is 0 Å². The highest BCUT2D eigenvalue weighted by atomic mass is 16.2. The third-order valence-corrected chi connectivity index (χ3v) is 5.15. The molecule has 1 fully saturated rings. The lowest BCUT2D eigenvalue weighted by Gasteiger charge is -2.33. The third kappa shape index (κ3) is 3.03. The number of likely N-dealkylation sites (tertiary alicyclic amines) is 1. The Bertz CT molecular complexity index is 895. The van der Waals surface area contributed by atoms with Crippen LogP contribution in [0.4, 0.5) is 0 Å². The van der Waals surface area contributed by atoms with Crippen molar-refractivity contribution in [2.75, 3.05) is 13.1 Å². The molecular weight excluding hydrogens is 326 g/mol. The van der Waals surface area contributed by atoms with Crippen molar-refractivity contribution in [3.63, 3.8) is 0 Å². The van der Waals surface area contributed by atoms with Crippen LogP contribution in [0.5, 0.6) is 0 Å². The van der Waals surface area contributed by atoms with E-state index in [1.165, 1.54) is 5.56 Å². The van der Waals surface area contributed by atoms with E-state index in [1.807, 2.05) is 41.2 Å². The third-order valence-electron chi connectivity index (χ3n) is 5.15. The monoisotopic (exact) mass is 349 g/mol. The second-order valence-corrected chi connectivity index (χ2v) is 6.95. The van der Waals surface area contributed by atoms with Gasteiger partial charge < -0.3 is 9.47 Å². The highest BCUT2D eigenvalue weighted by Gasteiger charge is 2.27. The van der Waals surface area contributed by atoms with Crippen molar-refractivity contribution in [3.05, 3.63) is 66.0 Å². The van der Waals surface area contributed by atoms with Gasteiger partial charge in [0.2, 0.25) is 0 Å². The minimum absolute atomic E-state index is 0.0608. The van der Waals surface area contributed by atoms with Crippen molar-refractivity contribution < 1.29 is 4.79 Å². The van der Waals surface area contributed by atoms with Crippen LogP contribution in [0.1, 0.15) is 40.5 Å². The SMILES string of the molecule is Cc1ccc(-n2ncc(C(=O)N3CCC[C@H](n4ccnc4)C3)c2C)cc1. The molecule has 0 unspecified atom stereocenters. The minimum Gasteiger partial charge on any atom is -0.336 e. The Hall–Kier alpha value is -2.89. The van der Waals surface area contributed by atoms with Crippen LogP contribution < -0.4 is 0 Å². The van der Waals surface area contributed by atoms with Crippen LogP contribution in [0.2, 0.25) is 0 Å². The van der Waals surface area contributed by atoms with E-state index < -0.39 is 0 Å². The highest BCUT2D eigenvalue weighted by Crippen LogP contribution is 2.24. The average Bonchev–Trinajstić information content (AvgIpc) is 3.32. The summed E-state index contributed by atoms with van der Waals surface area (Å²) in [5, 5.41) is 4.45. The summed E-state index contributed by atoms with van der Waals surface area (Å²) in [6.07, 6.45) is 9.36. The van der Waals surface area contributed by atoms with Gasteiger partial charge in [-0.25, -0.2) is 9.67 Å². The molecule has 1 amide bonds. The van der Waals surface area contributed by atoms with E-state index in [9.17, 15) is 4.79 Å². The van der Waals surface area contributed by atoms with E-state index in [1.54, 1.807) is 12.4 Å².